The van der Waals surface area contributed by atoms with Crippen LogP contribution in [0.3, 0.4) is 0 Å². The van der Waals surface area contributed by atoms with Crippen molar-refractivity contribution in [1.29, 1.82) is 5.26 Å². The van der Waals surface area contributed by atoms with Crippen LogP contribution in [0.5, 0.6) is 5.75 Å². The quantitative estimate of drug-likeness (QED) is 0.605. The number of carboxylic acid groups (broad SMARTS) is 1. The van der Waals surface area contributed by atoms with Crippen molar-refractivity contribution >= 4 is 5.97 Å². The van der Waals surface area contributed by atoms with Gasteiger partial charge in [-0.1, -0.05) is 18.2 Å². The maximum absolute atomic E-state index is 12.2. The van der Waals surface area contributed by atoms with Crippen LogP contribution in [-0.2, 0) is 4.79 Å². The highest BCUT2D eigenvalue weighted by Crippen LogP contribution is 2.26. The number of aliphatic carboxylic acids is 1. The van der Waals surface area contributed by atoms with Gasteiger partial charge in [-0.2, -0.15) is 10.4 Å². The lowest BCUT2D eigenvalue weighted by atomic mass is 9.95. The van der Waals surface area contributed by atoms with E-state index in [4.69, 9.17) is 10.4 Å². The Bertz CT molecular complexity index is 1040. The van der Waals surface area contributed by atoms with Crippen LogP contribution in [0.15, 0.2) is 66.0 Å². The Morgan fingerprint density at radius 2 is 2.07 bits per heavy atom. The maximum Gasteiger partial charge on any atom is 0.573 e. The van der Waals surface area contributed by atoms with Gasteiger partial charge in [0.2, 0.25) is 0 Å². The Morgan fingerprint density at radius 3 is 2.62 bits per heavy atom. The highest BCUT2D eigenvalue weighted by Gasteiger charge is 2.31. The van der Waals surface area contributed by atoms with Crippen molar-refractivity contribution in [3.8, 4) is 17.5 Å². The van der Waals surface area contributed by atoms with Gasteiger partial charge in [-0.15, -0.1) is 13.2 Å². The van der Waals surface area contributed by atoms with E-state index in [0.29, 0.717) is 23.5 Å². The summed E-state index contributed by atoms with van der Waals surface area (Å²) in [5.74, 6) is -1.29. The molecule has 2 aromatic rings. The summed E-state index contributed by atoms with van der Waals surface area (Å²) in [5, 5.41) is 22.0. The zero-order valence-corrected chi connectivity index (χ0v) is 14.7. The molecule has 1 aliphatic rings. The molecule has 10 heteroatoms. The van der Waals surface area contributed by atoms with E-state index in [2.05, 4.69) is 14.8 Å². The second-order valence-corrected chi connectivity index (χ2v) is 5.97. The zero-order chi connectivity index (χ0) is 21.0. The van der Waals surface area contributed by atoms with Crippen molar-refractivity contribution in [3.05, 3.63) is 71.9 Å². The van der Waals surface area contributed by atoms with Crippen molar-refractivity contribution < 1.29 is 27.8 Å². The molecule has 0 spiro atoms. The Morgan fingerprint density at radius 1 is 1.34 bits per heavy atom. The molecule has 0 radical (unpaired) electrons. The molecule has 148 valence electrons. The van der Waals surface area contributed by atoms with Gasteiger partial charge in [0, 0.05) is 5.92 Å². The van der Waals surface area contributed by atoms with E-state index in [1.165, 1.54) is 41.4 Å². The summed E-state index contributed by atoms with van der Waals surface area (Å²) >= 11 is 0. The molecular weight excluding hydrogens is 389 g/mol. The lowest BCUT2D eigenvalue weighted by Crippen LogP contribution is -2.17. The molecule has 7 nitrogen and oxygen atoms in total. The highest BCUT2D eigenvalue weighted by molar-refractivity contribution is 5.91. The number of ether oxygens (including phenoxy) is 1. The number of rotatable bonds is 5. The summed E-state index contributed by atoms with van der Waals surface area (Å²) in [4.78, 5) is 15.1. The first-order valence-corrected chi connectivity index (χ1v) is 8.26. The van der Waals surface area contributed by atoms with Crippen molar-refractivity contribution in [2.45, 2.75) is 18.7 Å². The normalized spacial score (nSPS) is 16.8. The lowest BCUT2D eigenvalue weighted by molar-refractivity contribution is -0.274. The van der Waals surface area contributed by atoms with Crippen LogP contribution in [0.4, 0.5) is 13.2 Å². The first kappa shape index (κ1) is 19.9. The smallest absolute Gasteiger partial charge is 0.477 e. The van der Waals surface area contributed by atoms with E-state index in [9.17, 15) is 18.0 Å². The Hall–Kier alpha value is -3.87. The molecule has 29 heavy (non-hydrogen) atoms. The maximum atomic E-state index is 12.2. The average Bonchev–Trinajstić information content (AvgIpc) is 3.16. The fourth-order valence-corrected chi connectivity index (χ4v) is 2.61. The number of hydrogen-bond acceptors (Lipinski definition) is 5. The summed E-state index contributed by atoms with van der Waals surface area (Å²) in [5.41, 5.74) is 0.747. The SMILES string of the molecule is N#C/C(=C/C1=CCC(c2ncn(-c3ccc(OC(F)(F)F)cc3)n2)C=C1)C(=O)O. The lowest BCUT2D eigenvalue weighted by Gasteiger charge is -2.11. The number of nitrogens with zero attached hydrogens (tertiary/aromatic N) is 4. The molecule has 1 atom stereocenters. The van der Waals surface area contributed by atoms with Crippen molar-refractivity contribution in [1.82, 2.24) is 14.8 Å². The number of hydrogen-bond donors (Lipinski definition) is 1. The highest BCUT2D eigenvalue weighted by atomic mass is 19.4. The van der Waals surface area contributed by atoms with Gasteiger partial charge >= 0.3 is 12.3 Å². The van der Waals surface area contributed by atoms with Crippen molar-refractivity contribution in [2.24, 2.45) is 0 Å². The third-order valence-electron chi connectivity index (χ3n) is 3.97. The minimum atomic E-state index is -4.75. The van der Waals surface area contributed by atoms with E-state index in [0.717, 1.165) is 0 Å². The van der Waals surface area contributed by atoms with Crippen LogP contribution in [0.2, 0.25) is 0 Å². The van der Waals surface area contributed by atoms with E-state index >= 15 is 0 Å². The van der Waals surface area contributed by atoms with Crippen LogP contribution in [0.1, 0.15) is 18.2 Å². The van der Waals surface area contributed by atoms with Gasteiger partial charge in [0.25, 0.3) is 0 Å². The van der Waals surface area contributed by atoms with Crippen LogP contribution in [-0.4, -0.2) is 32.2 Å². The van der Waals surface area contributed by atoms with Crippen LogP contribution in [0.25, 0.3) is 5.69 Å². The molecule has 0 aliphatic heterocycles. The molecule has 1 unspecified atom stereocenters. The summed E-state index contributed by atoms with van der Waals surface area (Å²) in [6, 6.07) is 6.83. The molecule has 0 amide bonds. The second-order valence-electron chi connectivity index (χ2n) is 5.97. The summed E-state index contributed by atoms with van der Waals surface area (Å²) < 4.78 is 41.9. The first-order chi connectivity index (χ1) is 13.7. The van der Waals surface area contributed by atoms with Gasteiger partial charge in [0.1, 0.15) is 23.7 Å². The Kier molecular flexibility index (Phi) is 5.50. The predicted octanol–water partition coefficient (Wildman–Crippen LogP) is 3.67. The fourth-order valence-electron chi connectivity index (χ4n) is 2.61. The molecule has 3 rings (SSSR count). The van der Waals surface area contributed by atoms with Gasteiger partial charge in [-0.3, -0.25) is 0 Å². The number of nitriles is 1. The Labute approximate surface area is 162 Å². The summed E-state index contributed by atoms with van der Waals surface area (Å²) in [7, 11) is 0. The third kappa shape index (κ3) is 5.10. The summed E-state index contributed by atoms with van der Waals surface area (Å²) in [6.07, 6.45) is 3.72. The minimum absolute atomic E-state index is 0.156. The Balaban J connectivity index is 1.69. The van der Waals surface area contributed by atoms with Gasteiger partial charge in [-0.25, -0.2) is 14.5 Å². The van der Waals surface area contributed by atoms with Gasteiger partial charge in [0.05, 0.1) is 5.69 Å². The molecule has 0 fully saturated rings. The standard InChI is InChI=1S/C19H13F3N4O3/c20-19(21,22)29-16-7-5-15(6-8-16)26-11-24-17(25-26)13-3-1-12(2-4-13)9-14(10-23)18(27)28/h1-3,5-9,11,13H,4H2,(H,27,28)/b14-9-. The van der Waals surface area contributed by atoms with Gasteiger partial charge < -0.3 is 9.84 Å². The van der Waals surface area contributed by atoms with Gasteiger partial charge in [0.15, 0.2) is 5.82 Å². The molecule has 0 saturated heterocycles. The zero-order valence-electron chi connectivity index (χ0n) is 14.7. The molecule has 1 aliphatic carbocycles. The van der Waals surface area contributed by atoms with Crippen molar-refractivity contribution in [2.75, 3.05) is 0 Å². The number of carbonyl (C=O) groups is 1. The minimum Gasteiger partial charge on any atom is -0.477 e. The van der Waals surface area contributed by atoms with E-state index < -0.39 is 12.3 Å². The first-order valence-electron chi connectivity index (χ1n) is 8.26. The second kappa shape index (κ2) is 8.02. The predicted molar refractivity (Wildman–Crippen MR) is 94.0 cm³/mol. The number of benzene rings is 1. The van der Waals surface area contributed by atoms with Crippen molar-refractivity contribution in [3.63, 3.8) is 0 Å². The number of allylic oxidation sites excluding steroid dienone is 5. The molecule has 1 heterocycles. The average molecular weight is 402 g/mol. The summed E-state index contributed by atoms with van der Waals surface area (Å²) in [6.45, 7) is 0. The van der Waals surface area contributed by atoms with Crippen LogP contribution < -0.4 is 4.74 Å². The third-order valence-corrected chi connectivity index (χ3v) is 3.97. The molecule has 1 aromatic heterocycles. The van der Waals surface area contributed by atoms with Crippen LogP contribution in [0, 0.1) is 11.3 Å². The molecular formula is C19H13F3N4O3. The van der Waals surface area contributed by atoms with Crippen LogP contribution >= 0.6 is 0 Å². The number of alkyl halides is 3. The molecule has 0 saturated carbocycles. The topological polar surface area (TPSA) is 101 Å². The monoisotopic (exact) mass is 402 g/mol. The number of halogens is 3. The van der Waals surface area contributed by atoms with Gasteiger partial charge in [-0.05, 0) is 42.3 Å². The van der Waals surface area contributed by atoms with E-state index in [-0.39, 0.29) is 17.2 Å². The molecule has 1 aromatic carbocycles. The number of aromatic nitrogens is 3. The largest absolute Gasteiger partial charge is 0.573 e. The molecule has 0 bridgehead atoms. The number of carboxylic acids is 1. The fraction of sp³-hybridized carbons (Fsp3) is 0.158. The molecule has 1 N–H and O–H groups in total. The van der Waals surface area contributed by atoms with E-state index in [1.54, 1.807) is 24.3 Å². The van der Waals surface area contributed by atoms with E-state index in [1.807, 2.05) is 0 Å².